The second kappa shape index (κ2) is 16.6. The minimum Gasteiger partial charge on any atom is -0.491 e. The molecule has 1 aliphatic heterocycles. The summed E-state index contributed by atoms with van der Waals surface area (Å²) in [6.07, 6.45) is 2.73. The fourth-order valence-electron chi connectivity index (χ4n) is 5.05. The number of aryl methyl sites for hydroxylation is 1. The third-order valence-electron chi connectivity index (χ3n) is 7.41. The van der Waals surface area contributed by atoms with Gasteiger partial charge in [0, 0.05) is 44.0 Å². The number of hydrogen-bond donors (Lipinski definition) is 3. The molecule has 1 aromatic heterocycles. The molecule has 2 aromatic rings. The van der Waals surface area contributed by atoms with Crippen LogP contribution in [0.4, 0.5) is 0 Å². The van der Waals surface area contributed by atoms with E-state index < -0.39 is 11.9 Å². The molecular weight excluding hydrogens is 590 g/mol. The highest BCUT2D eigenvalue weighted by Crippen LogP contribution is 2.40. The van der Waals surface area contributed by atoms with Crippen LogP contribution < -0.4 is 19.5 Å². The maximum Gasteiger partial charge on any atom is 0.303 e. The summed E-state index contributed by atoms with van der Waals surface area (Å²) in [4.78, 5) is 42.5. The highest BCUT2D eigenvalue weighted by atomic mass is 16.5. The van der Waals surface area contributed by atoms with Crippen LogP contribution >= 0.6 is 0 Å². The quantitative estimate of drug-likeness (QED) is 0.193. The van der Waals surface area contributed by atoms with Crippen molar-refractivity contribution >= 4 is 23.5 Å². The first-order valence-electron chi connectivity index (χ1n) is 15.7. The number of ether oxygens (including phenoxy) is 3. The van der Waals surface area contributed by atoms with Gasteiger partial charge in [-0.2, -0.15) is 5.26 Å². The van der Waals surface area contributed by atoms with Crippen molar-refractivity contribution in [3.05, 3.63) is 46.3 Å². The highest BCUT2D eigenvalue weighted by Gasteiger charge is 2.31. The van der Waals surface area contributed by atoms with Crippen LogP contribution in [0.1, 0.15) is 99.1 Å². The van der Waals surface area contributed by atoms with Crippen molar-refractivity contribution in [3.63, 3.8) is 0 Å². The molecule has 0 aliphatic carbocycles. The maximum atomic E-state index is 13.2. The molecule has 3 rings (SSSR count). The number of aromatic nitrogens is 1. The average molecular weight is 636 g/mol. The number of nitrogens with zero attached hydrogens (tertiary/aromatic N) is 3. The zero-order chi connectivity index (χ0) is 33.9. The van der Waals surface area contributed by atoms with E-state index in [-0.39, 0.29) is 42.1 Å². The maximum absolute atomic E-state index is 13.2. The van der Waals surface area contributed by atoms with Crippen LogP contribution in [-0.2, 0) is 28.0 Å². The van der Waals surface area contributed by atoms with E-state index in [0.717, 1.165) is 16.7 Å². The molecule has 46 heavy (non-hydrogen) atoms. The number of rotatable bonds is 18. The van der Waals surface area contributed by atoms with Crippen molar-refractivity contribution in [2.45, 2.75) is 84.6 Å². The molecule has 0 spiro atoms. The summed E-state index contributed by atoms with van der Waals surface area (Å²) in [6, 6.07) is 7.73. The molecule has 0 fully saturated rings. The number of carboxylic acid groups (broad SMARTS) is 1. The molecule has 3 N–H and O–H groups in total. The van der Waals surface area contributed by atoms with Gasteiger partial charge in [-0.05, 0) is 55.7 Å². The van der Waals surface area contributed by atoms with Crippen molar-refractivity contribution in [2.75, 3.05) is 33.4 Å². The molecule has 2 heterocycles. The minimum atomic E-state index is -0.843. The molecule has 0 unspecified atom stereocenters. The number of hydrogen-bond acceptors (Lipinski definition) is 9. The first kappa shape index (κ1) is 35.8. The number of fused-ring (bicyclic) bond motifs is 1. The predicted molar refractivity (Wildman–Crippen MR) is 172 cm³/mol. The molecule has 0 bridgehead atoms. The van der Waals surface area contributed by atoms with E-state index in [1.165, 1.54) is 7.05 Å². The number of carboxylic acids is 1. The van der Waals surface area contributed by atoms with Crippen molar-refractivity contribution < 1.29 is 33.7 Å². The van der Waals surface area contributed by atoms with Crippen LogP contribution in [0.15, 0.2) is 18.2 Å². The van der Waals surface area contributed by atoms with Crippen LogP contribution in [0.3, 0.4) is 0 Å². The van der Waals surface area contributed by atoms with Gasteiger partial charge in [-0.25, -0.2) is 4.98 Å². The van der Waals surface area contributed by atoms with E-state index >= 15 is 0 Å². The van der Waals surface area contributed by atoms with Gasteiger partial charge in [-0.1, -0.05) is 26.8 Å². The molecule has 0 saturated carbocycles. The molecule has 0 atom stereocenters. The van der Waals surface area contributed by atoms with Crippen molar-refractivity contribution in [1.82, 2.24) is 15.2 Å². The lowest BCUT2D eigenvalue weighted by Gasteiger charge is -2.26. The van der Waals surface area contributed by atoms with Gasteiger partial charge in [0.25, 0.3) is 5.91 Å². The topological polar surface area (TPSA) is 175 Å². The lowest BCUT2D eigenvalue weighted by molar-refractivity contribution is -0.137. The van der Waals surface area contributed by atoms with Crippen molar-refractivity contribution in [1.29, 1.82) is 10.7 Å². The Morgan fingerprint density at radius 1 is 1.07 bits per heavy atom. The largest absolute Gasteiger partial charge is 0.491 e. The van der Waals surface area contributed by atoms with E-state index in [4.69, 9.17) is 30.0 Å². The Morgan fingerprint density at radius 2 is 1.80 bits per heavy atom. The van der Waals surface area contributed by atoms with E-state index in [0.29, 0.717) is 81.4 Å². The summed E-state index contributed by atoms with van der Waals surface area (Å²) in [5.74, 6) is 0.246. The summed E-state index contributed by atoms with van der Waals surface area (Å²) < 4.78 is 17.9. The lowest BCUT2D eigenvalue weighted by atomic mass is 9.84. The Bertz CT molecular complexity index is 1480. The SMILES string of the molecule is CCOc1cc2c(nc1C(=O)NC)C(=N)N(CC(=O)CCc1cc(OCCCC#N)c(OCCCCC(=O)O)c(C(C)(C)C)c1)C2. The number of carbonyl (C=O) groups is 3. The Labute approximate surface area is 270 Å². The Kier molecular flexibility index (Phi) is 12.9. The lowest BCUT2D eigenvalue weighted by Crippen LogP contribution is -2.30. The first-order chi connectivity index (χ1) is 21.9. The monoisotopic (exact) mass is 635 g/mol. The molecule has 12 nitrogen and oxygen atoms in total. The standard InChI is InChI=1S/C34H45N5O7/c1-6-44-26-19-23-20-39(32(36)29(23)38-30(26)33(43)37-5)21-24(40)13-12-22-17-25(34(2,3)4)31(46-16-9-7-11-28(41)42)27(18-22)45-15-10-8-14-35/h17-19,36H,6-13,15-16,20-21H2,1-5H3,(H,37,43)(H,41,42). The van der Waals surface area contributed by atoms with Crippen molar-refractivity contribution in [3.8, 4) is 23.3 Å². The molecule has 1 aromatic carbocycles. The van der Waals surface area contributed by atoms with Gasteiger partial charge in [0.15, 0.2) is 28.7 Å². The van der Waals surface area contributed by atoms with E-state index in [9.17, 15) is 14.4 Å². The second-order valence-corrected chi connectivity index (χ2v) is 12.1. The number of unbranched alkanes of at least 4 members (excludes halogenated alkanes) is 2. The summed E-state index contributed by atoms with van der Waals surface area (Å²) >= 11 is 0. The van der Waals surface area contributed by atoms with Gasteiger partial charge in [-0.3, -0.25) is 19.8 Å². The van der Waals surface area contributed by atoms with E-state index in [1.807, 2.05) is 19.1 Å². The smallest absolute Gasteiger partial charge is 0.303 e. The minimum absolute atomic E-state index is 0.0235. The van der Waals surface area contributed by atoms with Gasteiger partial charge >= 0.3 is 5.97 Å². The summed E-state index contributed by atoms with van der Waals surface area (Å²) in [7, 11) is 1.50. The zero-order valence-electron chi connectivity index (χ0n) is 27.5. The van der Waals surface area contributed by atoms with Crippen LogP contribution in [0.2, 0.25) is 0 Å². The number of amides is 1. The average Bonchev–Trinajstić information content (AvgIpc) is 3.30. The number of benzene rings is 1. The molecule has 248 valence electrons. The zero-order valence-corrected chi connectivity index (χ0v) is 27.5. The second-order valence-electron chi connectivity index (χ2n) is 12.1. The number of aliphatic carboxylic acids is 1. The molecular formula is C34H45N5O7. The van der Waals surface area contributed by atoms with Crippen LogP contribution in [-0.4, -0.2) is 71.9 Å². The molecule has 0 saturated heterocycles. The number of ketones is 1. The number of Topliss-reactive ketones (excluding diaryl/α,β-unsaturated/α-hetero) is 1. The van der Waals surface area contributed by atoms with Crippen LogP contribution in [0.5, 0.6) is 17.2 Å². The number of nitriles is 1. The Morgan fingerprint density at radius 3 is 2.46 bits per heavy atom. The third kappa shape index (κ3) is 9.67. The number of amidine groups is 1. The van der Waals surface area contributed by atoms with Crippen LogP contribution in [0, 0.1) is 16.7 Å². The molecule has 1 aliphatic rings. The molecule has 0 radical (unpaired) electrons. The summed E-state index contributed by atoms with van der Waals surface area (Å²) in [5.41, 5.74) is 2.67. The van der Waals surface area contributed by atoms with Crippen molar-refractivity contribution in [2.24, 2.45) is 0 Å². The van der Waals surface area contributed by atoms with Gasteiger partial charge in [0.2, 0.25) is 0 Å². The highest BCUT2D eigenvalue weighted by molar-refractivity contribution is 6.03. The Balaban J connectivity index is 1.75. The fourth-order valence-corrected chi connectivity index (χ4v) is 5.05. The first-order valence-corrected chi connectivity index (χ1v) is 15.7. The third-order valence-corrected chi connectivity index (χ3v) is 7.41. The number of pyridine rings is 1. The number of nitrogens with one attached hydrogen (secondary N) is 2. The van der Waals surface area contributed by atoms with E-state index in [2.05, 4.69) is 37.1 Å². The predicted octanol–water partition coefficient (Wildman–Crippen LogP) is 4.80. The molecule has 1 amide bonds. The van der Waals surface area contributed by atoms with E-state index in [1.54, 1.807) is 11.0 Å². The summed E-state index contributed by atoms with van der Waals surface area (Å²) in [5, 5.41) is 29.1. The fraction of sp³-hybridized carbons (Fsp3) is 0.529. The van der Waals surface area contributed by atoms with Gasteiger partial charge in [0.1, 0.15) is 11.5 Å². The Hall–Kier alpha value is -4.66. The van der Waals surface area contributed by atoms with Gasteiger partial charge in [-0.15, -0.1) is 0 Å². The van der Waals surface area contributed by atoms with Crippen LogP contribution in [0.25, 0.3) is 0 Å². The summed E-state index contributed by atoms with van der Waals surface area (Å²) in [6.45, 7) is 9.35. The van der Waals surface area contributed by atoms with Gasteiger partial charge in [0.05, 0.1) is 32.4 Å². The van der Waals surface area contributed by atoms with Gasteiger partial charge < -0.3 is 29.5 Å². The normalized spacial score (nSPS) is 12.3. The molecule has 12 heteroatoms. The number of carbonyl (C=O) groups excluding carboxylic acids is 2.